The van der Waals surface area contributed by atoms with Gasteiger partial charge in [-0.15, -0.1) is 0 Å². The number of nitrogens with one attached hydrogen (secondary N) is 1. The lowest BCUT2D eigenvalue weighted by molar-refractivity contribution is 0.112. The minimum atomic E-state index is 0.709. The van der Waals surface area contributed by atoms with Gasteiger partial charge in [-0.25, -0.2) is 0 Å². The number of carbonyl (C=O) groups is 1. The van der Waals surface area contributed by atoms with Gasteiger partial charge in [-0.1, -0.05) is 0 Å². The molecule has 1 aromatic carbocycles. The molecule has 0 radical (unpaired) electrons. The number of aromatic nitrogens is 1. The van der Waals surface area contributed by atoms with E-state index in [0.29, 0.717) is 5.56 Å². The van der Waals surface area contributed by atoms with Crippen LogP contribution in [-0.4, -0.2) is 11.3 Å². The molecule has 0 amide bonds. The first-order valence-corrected chi connectivity index (χ1v) is 5.51. The molecule has 4 heteroatoms. The van der Waals surface area contributed by atoms with Gasteiger partial charge in [0.1, 0.15) is 0 Å². The number of aromatic amines is 1. The quantitative estimate of drug-likeness (QED) is 0.621. The molecule has 0 saturated carbocycles. The Morgan fingerprint density at radius 3 is 2.92 bits per heavy atom. The first-order chi connectivity index (χ1) is 6.24. The molecular weight excluding hydrogens is 345 g/mol. The fourth-order valence-corrected chi connectivity index (χ4v) is 2.39. The summed E-state index contributed by atoms with van der Waals surface area (Å²) < 4.78 is 2.08. The number of benzene rings is 1. The summed E-state index contributed by atoms with van der Waals surface area (Å²) in [6.07, 6.45) is 2.60. The molecule has 0 saturated heterocycles. The first-order valence-electron chi connectivity index (χ1n) is 3.64. The van der Waals surface area contributed by atoms with Crippen molar-refractivity contribution in [2.45, 2.75) is 0 Å². The molecule has 1 N–H and O–H groups in total. The third-order valence-electron chi connectivity index (χ3n) is 1.89. The monoisotopic (exact) mass is 349 g/mol. The van der Waals surface area contributed by atoms with E-state index >= 15 is 0 Å². The molecule has 1 aromatic heterocycles. The number of hydrogen-bond donors (Lipinski definition) is 1. The maximum atomic E-state index is 10.7. The van der Waals surface area contributed by atoms with Crippen molar-refractivity contribution in [2.75, 3.05) is 0 Å². The fraction of sp³-hybridized carbons (Fsp3) is 0. The Morgan fingerprint density at radius 1 is 1.46 bits per heavy atom. The van der Waals surface area contributed by atoms with Crippen molar-refractivity contribution in [3.05, 3.63) is 31.9 Å². The van der Waals surface area contributed by atoms with Crippen molar-refractivity contribution in [1.29, 1.82) is 0 Å². The summed E-state index contributed by atoms with van der Waals surface area (Å²) in [4.78, 5) is 13.8. The minimum Gasteiger partial charge on any atom is -0.360 e. The van der Waals surface area contributed by atoms with Crippen LogP contribution in [0.25, 0.3) is 10.9 Å². The maximum absolute atomic E-state index is 10.7. The second kappa shape index (κ2) is 3.42. The molecule has 0 spiro atoms. The Balaban J connectivity index is 2.93. The van der Waals surface area contributed by atoms with E-state index in [1.54, 1.807) is 6.20 Å². The van der Waals surface area contributed by atoms with E-state index in [1.807, 2.05) is 12.1 Å². The Labute approximate surface area is 97.0 Å². The van der Waals surface area contributed by atoms with Crippen molar-refractivity contribution in [3.8, 4) is 0 Å². The molecule has 0 atom stereocenters. The lowest BCUT2D eigenvalue weighted by Gasteiger charge is -1.98. The normalized spacial score (nSPS) is 10.6. The van der Waals surface area contributed by atoms with Gasteiger partial charge in [0.2, 0.25) is 0 Å². The highest BCUT2D eigenvalue weighted by Gasteiger charge is 2.08. The first kappa shape index (κ1) is 9.21. The van der Waals surface area contributed by atoms with Crippen LogP contribution in [0.4, 0.5) is 0 Å². The predicted molar refractivity (Wildman–Crippen MR) is 64.1 cm³/mol. The van der Waals surface area contributed by atoms with Gasteiger partial charge < -0.3 is 4.98 Å². The van der Waals surface area contributed by atoms with E-state index in [-0.39, 0.29) is 0 Å². The Hall–Kier alpha value is -0.360. The van der Waals surface area contributed by atoms with Gasteiger partial charge in [0.05, 0.1) is 0 Å². The lowest BCUT2D eigenvalue weighted by Crippen LogP contribution is -1.81. The summed E-state index contributed by atoms with van der Waals surface area (Å²) in [6.45, 7) is 0. The summed E-state index contributed by atoms with van der Waals surface area (Å²) in [5.41, 5.74) is 1.70. The van der Waals surface area contributed by atoms with Gasteiger partial charge in [0.25, 0.3) is 0 Å². The predicted octanol–water partition coefficient (Wildman–Crippen LogP) is 3.35. The minimum absolute atomic E-state index is 0.709. The van der Waals surface area contributed by atoms with E-state index in [2.05, 4.69) is 43.5 Å². The Kier molecular flexibility index (Phi) is 2.42. The molecular formula is C9H5BrINO. The standard InChI is InChI=1S/C9H5BrINO/c10-6-1-2-7-8(9(6)11)5(4-13)3-12-7/h1-4,12H. The van der Waals surface area contributed by atoms with E-state index in [9.17, 15) is 4.79 Å². The fourth-order valence-electron chi connectivity index (χ4n) is 1.27. The zero-order valence-electron chi connectivity index (χ0n) is 6.47. The maximum Gasteiger partial charge on any atom is 0.152 e. The van der Waals surface area contributed by atoms with Crippen LogP contribution >= 0.6 is 38.5 Å². The molecule has 2 aromatic rings. The highest BCUT2D eigenvalue weighted by atomic mass is 127. The molecule has 2 rings (SSSR count). The van der Waals surface area contributed by atoms with E-state index in [0.717, 1.165) is 25.2 Å². The summed E-state index contributed by atoms with van der Waals surface area (Å²) in [5.74, 6) is 0. The van der Waals surface area contributed by atoms with Crippen molar-refractivity contribution in [1.82, 2.24) is 4.98 Å². The average molecular weight is 350 g/mol. The van der Waals surface area contributed by atoms with Crippen molar-refractivity contribution in [2.24, 2.45) is 0 Å². The number of hydrogen-bond acceptors (Lipinski definition) is 1. The number of rotatable bonds is 1. The van der Waals surface area contributed by atoms with Gasteiger partial charge in [0.15, 0.2) is 6.29 Å². The van der Waals surface area contributed by atoms with Crippen LogP contribution in [0.1, 0.15) is 10.4 Å². The molecule has 0 unspecified atom stereocenters. The Bertz CT molecular complexity index is 478. The van der Waals surface area contributed by atoms with Gasteiger partial charge >= 0.3 is 0 Å². The second-order valence-corrected chi connectivity index (χ2v) is 4.58. The number of H-pyrrole nitrogens is 1. The lowest BCUT2D eigenvalue weighted by atomic mass is 10.2. The zero-order chi connectivity index (χ0) is 9.42. The van der Waals surface area contributed by atoms with Crippen molar-refractivity contribution in [3.63, 3.8) is 0 Å². The van der Waals surface area contributed by atoms with E-state index in [4.69, 9.17) is 0 Å². The number of aldehydes is 1. The van der Waals surface area contributed by atoms with Crippen molar-refractivity contribution >= 4 is 55.7 Å². The molecule has 2 nitrogen and oxygen atoms in total. The number of fused-ring (bicyclic) bond motifs is 1. The van der Waals surface area contributed by atoms with Crippen LogP contribution in [-0.2, 0) is 0 Å². The van der Waals surface area contributed by atoms with Crippen LogP contribution < -0.4 is 0 Å². The Morgan fingerprint density at radius 2 is 2.23 bits per heavy atom. The smallest absolute Gasteiger partial charge is 0.152 e. The number of halogens is 2. The van der Waals surface area contributed by atoms with E-state index < -0.39 is 0 Å². The average Bonchev–Trinajstić information content (AvgIpc) is 2.55. The third-order valence-corrected chi connectivity index (χ3v) is 4.42. The molecule has 0 fully saturated rings. The van der Waals surface area contributed by atoms with Crippen molar-refractivity contribution < 1.29 is 4.79 Å². The van der Waals surface area contributed by atoms with Crippen LogP contribution in [0.15, 0.2) is 22.8 Å². The summed E-state index contributed by atoms with van der Waals surface area (Å²) in [7, 11) is 0. The van der Waals surface area contributed by atoms with Gasteiger partial charge in [-0.2, -0.15) is 0 Å². The number of carbonyl (C=O) groups excluding carboxylic acids is 1. The summed E-state index contributed by atoms with van der Waals surface area (Å²) in [5, 5.41) is 0.991. The molecule has 66 valence electrons. The molecule has 0 aliphatic rings. The van der Waals surface area contributed by atoms with Crippen LogP contribution in [0, 0.1) is 3.57 Å². The van der Waals surface area contributed by atoms with Crippen LogP contribution in [0.5, 0.6) is 0 Å². The zero-order valence-corrected chi connectivity index (χ0v) is 10.2. The molecule has 13 heavy (non-hydrogen) atoms. The van der Waals surface area contributed by atoms with Crippen LogP contribution in [0.3, 0.4) is 0 Å². The largest absolute Gasteiger partial charge is 0.360 e. The van der Waals surface area contributed by atoms with Gasteiger partial charge in [-0.05, 0) is 50.7 Å². The molecule has 0 bridgehead atoms. The highest BCUT2D eigenvalue weighted by molar-refractivity contribution is 14.1. The topological polar surface area (TPSA) is 32.9 Å². The van der Waals surface area contributed by atoms with Gasteiger partial charge in [-0.3, -0.25) is 4.79 Å². The highest BCUT2D eigenvalue weighted by Crippen LogP contribution is 2.29. The molecule has 1 heterocycles. The van der Waals surface area contributed by atoms with Crippen LogP contribution in [0.2, 0.25) is 0 Å². The van der Waals surface area contributed by atoms with E-state index in [1.165, 1.54) is 0 Å². The summed E-state index contributed by atoms with van der Waals surface area (Å²) in [6, 6.07) is 3.92. The SMILES string of the molecule is O=Cc1c[nH]c2ccc(Br)c(I)c12. The van der Waals surface area contributed by atoms with Gasteiger partial charge in [0, 0.05) is 30.7 Å². The molecule has 0 aliphatic carbocycles. The molecule has 0 aliphatic heterocycles. The second-order valence-electron chi connectivity index (χ2n) is 2.65. The summed E-state index contributed by atoms with van der Waals surface area (Å²) >= 11 is 5.65. The third kappa shape index (κ3) is 1.42.